The molecule has 1 aromatic heterocycles. The molecule has 0 aliphatic carbocycles. The lowest BCUT2D eigenvalue weighted by Gasteiger charge is -2.15. The minimum absolute atomic E-state index is 0.0462. The fraction of sp³-hybridized carbons (Fsp3) is 0.286. The number of oxime groups is 1. The van der Waals surface area contributed by atoms with E-state index in [0.717, 1.165) is 12.1 Å². The van der Waals surface area contributed by atoms with Gasteiger partial charge in [-0.2, -0.15) is 0 Å². The molecule has 0 saturated heterocycles. The summed E-state index contributed by atoms with van der Waals surface area (Å²) in [5.41, 5.74) is 7.09. The van der Waals surface area contributed by atoms with Crippen molar-refractivity contribution in [2.45, 2.75) is 26.1 Å². The van der Waals surface area contributed by atoms with E-state index in [9.17, 15) is 0 Å². The Morgan fingerprint density at radius 1 is 1.57 bits per heavy atom. The molecular formula is C14H18ClN5O. The van der Waals surface area contributed by atoms with Gasteiger partial charge >= 0.3 is 0 Å². The number of hydrogen-bond donors (Lipinski definition) is 3. The Morgan fingerprint density at radius 3 is 3.00 bits per heavy atom. The smallest absolute Gasteiger partial charge is 0.170 e. The molecule has 4 N–H and O–H groups in total. The Bertz CT molecular complexity index is 612. The summed E-state index contributed by atoms with van der Waals surface area (Å²) in [6, 6.07) is 5.61. The monoisotopic (exact) mass is 307 g/mol. The number of nitrogens with two attached hydrogens (primary N) is 1. The molecule has 0 radical (unpaired) electrons. The molecule has 0 amide bonds. The highest BCUT2D eigenvalue weighted by molar-refractivity contribution is 6.31. The first-order valence-corrected chi connectivity index (χ1v) is 6.93. The number of hydrogen-bond acceptors (Lipinski definition) is 4. The van der Waals surface area contributed by atoms with E-state index < -0.39 is 0 Å². The van der Waals surface area contributed by atoms with Gasteiger partial charge in [0.25, 0.3) is 0 Å². The van der Waals surface area contributed by atoms with Gasteiger partial charge in [0.1, 0.15) is 0 Å². The molecule has 0 spiro atoms. The second kappa shape index (κ2) is 7.10. The van der Waals surface area contributed by atoms with E-state index in [4.69, 9.17) is 22.5 Å². The largest absolute Gasteiger partial charge is 0.409 e. The molecule has 1 aromatic carbocycles. The number of nitrogens with one attached hydrogen (secondary N) is 1. The van der Waals surface area contributed by atoms with Crippen LogP contribution in [0.5, 0.6) is 0 Å². The molecule has 112 valence electrons. The molecule has 0 fully saturated rings. The van der Waals surface area contributed by atoms with Crippen molar-refractivity contribution in [3.8, 4) is 0 Å². The second-order valence-electron chi connectivity index (χ2n) is 4.83. The minimum atomic E-state index is 0.0462. The predicted octanol–water partition coefficient (Wildman–Crippen LogP) is 1.81. The van der Waals surface area contributed by atoms with Crippen LogP contribution in [0.15, 0.2) is 42.1 Å². The lowest BCUT2D eigenvalue weighted by molar-refractivity contribution is 0.318. The number of imidazole rings is 1. The van der Waals surface area contributed by atoms with Crippen LogP contribution in [0.2, 0.25) is 5.02 Å². The lowest BCUT2D eigenvalue weighted by atomic mass is 10.1. The van der Waals surface area contributed by atoms with E-state index >= 15 is 0 Å². The molecule has 21 heavy (non-hydrogen) atoms. The third-order valence-corrected chi connectivity index (χ3v) is 3.49. The van der Waals surface area contributed by atoms with Crippen LogP contribution in [-0.2, 0) is 13.1 Å². The summed E-state index contributed by atoms with van der Waals surface area (Å²) in [7, 11) is 0. The molecule has 2 rings (SSSR count). The summed E-state index contributed by atoms with van der Waals surface area (Å²) in [4.78, 5) is 4.01. The van der Waals surface area contributed by atoms with Crippen LogP contribution in [0, 0.1) is 0 Å². The number of benzene rings is 1. The molecule has 7 heteroatoms. The Labute approximate surface area is 128 Å². The van der Waals surface area contributed by atoms with E-state index in [0.29, 0.717) is 17.1 Å². The standard InChI is InChI=1S/C14H18ClN5O/c1-10(8-20-5-4-17-9-20)18-7-12-3-2-11(6-13(12)15)14(16)19-21/h2-6,9-10,18,21H,7-8H2,1H3,(H2,16,19). The van der Waals surface area contributed by atoms with Crippen molar-refractivity contribution < 1.29 is 5.21 Å². The second-order valence-corrected chi connectivity index (χ2v) is 5.24. The molecule has 1 unspecified atom stereocenters. The highest BCUT2D eigenvalue weighted by Gasteiger charge is 2.07. The first kappa shape index (κ1) is 15.3. The molecule has 2 aromatic rings. The number of nitrogens with zero attached hydrogens (tertiary/aromatic N) is 3. The van der Waals surface area contributed by atoms with Crippen molar-refractivity contribution in [1.82, 2.24) is 14.9 Å². The van der Waals surface area contributed by atoms with Gasteiger partial charge in [-0.25, -0.2) is 4.98 Å². The zero-order valence-corrected chi connectivity index (χ0v) is 12.5. The van der Waals surface area contributed by atoms with Crippen molar-refractivity contribution >= 4 is 17.4 Å². The zero-order chi connectivity index (χ0) is 15.2. The maximum absolute atomic E-state index is 8.65. The summed E-state index contributed by atoms with van der Waals surface area (Å²) in [6.45, 7) is 3.57. The van der Waals surface area contributed by atoms with Crippen LogP contribution in [0.4, 0.5) is 0 Å². The van der Waals surface area contributed by atoms with Crippen LogP contribution >= 0.6 is 11.6 Å². The van der Waals surface area contributed by atoms with Crippen molar-refractivity contribution in [3.63, 3.8) is 0 Å². The summed E-state index contributed by atoms with van der Waals surface area (Å²) < 4.78 is 2.01. The maximum Gasteiger partial charge on any atom is 0.170 e. The predicted molar refractivity (Wildman–Crippen MR) is 82.5 cm³/mol. The number of rotatable bonds is 6. The van der Waals surface area contributed by atoms with Gasteiger partial charge in [-0.15, -0.1) is 0 Å². The molecule has 0 saturated carbocycles. The van der Waals surface area contributed by atoms with Crippen LogP contribution in [-0.4, -0.2) is 26.6 Å². The highest BCUT2D eigenvalue weighted by atomic mass is 35.5. The molecular weight excluding hydrogens is 290 g/mol. The van der Waals surface area contributed by atoms with Crippen LogP contribution < -0.4 is 11.1 Å². The van der Waals surface area contributed by atoms with Gasteiger partial charge < -0.3 is 20.8 Å². The van der Waals surface area contributed by atoms with Gasteiger partial charge in [-0.3, -0.25) is 0 Å². The molecule has 1 heterocycles. The van der Waals surface area contributed by atoms with Crippen molar-refractivity contribution in [3.05, 3.63) is 53.1 Å². The van der Waals surface area contributed by atoms with Crippen molar-refractivity contribution in [2.75, 3.05) is 0 Å². The quantitative estimate of drug-likeness (QED) is 0.329. The average molecular weight is 308 g/mol. The van der Waals surface area contributed by atoms with Crippen LogP contribution in [0.25, 0.3) is 0 Å². The van der Waals surface area contributed by atoms with Crippen LogP contribution in [0.3, 0.4) is 0 Å². The maximum atomic E-state index is 8.65. The van der Waals surface area contributed by atoms with Gasteiger partial charge in [-0.05, 0) is 18.6 Å². The minimum Gasteiger partial charge on any atom is -0.409 e. The van der Waals surface area contributed by atoms with E-state index in [1.165, 1.54) is 0 Å². The first-order valence-electron chi connectivity index (χ1n) is 6.55. The van der Waals surface area contributed by atoms with E-state index in [1.54, 1.807) is 24.7 Å². The van der Waals surface area contributed by atoms with Gasteiger partial charge in [0.15, 0.2) is 5.84 Å². The summed E-state index contributed by atoms with van der Waals surface area (Å²) in [5.74, 6) is 0.0462. The Hall–Kier alpha value is -2.05. The third-order valence-electron chi connectivity index (χ3n) is 3.14. The van der Waals surface area contributed by atoms with Gasteiger partial charge in [0.05, 0.1) is 6.33 Å². The van der Waals surface area contributed by atoms with E-state index in [2.05, 4.69) is 22.4 Å². The Kier molecular flexibility index (Phi) is 5.19. The molecule has 0 bridgehead atoms. The number of aromatic nitrogens is 2. The fourth-order valence-electron chi connectivity index (χ4n) is 1.97. The van der Waals surface area contributed by atoms with Gasteiger partial charge in [0, 0.05) is 42.1 Å². The molecule has 6 nitrogen and oxygen atoms in total. The average Bonchev–Trinajstić information content (AvgIpc) is 2.98. The lowest BCUT2D eigenvalue weighted by Crippen LogP contribution is -2.29. The van der Waals surface area contributed by atoms with Gasteiger partial charge in [-0.1, -0.05) is 28.9 Å². The Morgan fingerprint density at radius 2 is 2.38 bits per heavy atom. The highest BCUT2D eigenvalue weighted by Crippen LogP contribution is 2.18. The van der Waals surface area contributed by atoms with E-state index in [1.807, 2.05) is 16.8 Å². The summed E-state index contributed by atoms with van der Waals surface area (Å²) in [5, 5.41) is 15.6. The topological polar surface area (TPSA) is 88.5 Å². The number of amidine groups is 1. The summed E-state index contributed by atoms with van der Waals surface area (Å²) >= 11 is 6.21. The molecule has 0 aliphatic rings. The van der Waals surface area contributed by atoms with Gasteiger partial charge in [0.2, 0.25) is 0 Å². The Balaban J connectivity index is 1.94. The number of halogens is 1. The third kappa shape index (κ3) is 4.21. The first-order chi connectivity index (χ1) is 10.1. The van der Waals surface area contributed by atoms with Crippen LogP contribution in [0.1, 0.15) is 18.1 Å². The summed E-state index contributed by atoms with van der Waals surface area (Å²) in [6.07, 6.45) is 5.48. The fourth-order valence-corrected chi connectivity index (χ4v) is 2.21. The zero-order valence-electron chi connectivity index (χ0n) is 11.7. The van der Waals surface area contributed by atoms with Crippen molar-refractivity contribution in [2.24, 2.45) is 10.9 Å². The molecule has 1 atom stereocenters. The van der Waals surface area contributed by atoms with E-state index in [-0.39, 0.29) is 11.9 Å². The van der Waals surface area contributed by atoms with Crippen molar-refractivity contribution in [1.29, 1.82) is 0 Å². The normalized spacial score (nSPS) is 13.3. The molecule has 0 aliphatic heterocycles. The SMILES string of the molecule is CC(Cn1ccnc1)NCc1ccc(/C(N)=N/O)cc1Cl.